The summed E-state index contributed by atoms with van der Waals surface area (Å²) in [5, 5.41) is 14.4. The number of nitrogens with zero attached hydrogens (tertiary/aromatic N) is 3. The second kappa shape index (κ2) is 8.04. The lowest BCUT2D eigenvalue weighted by Gasteiger charge is -2.23. The summed E-state index contributed by atoms with van der Waals surface area (Å²) in [5.41, 5.74) is 0.423. The van der Waals surface area contributed by atoms with E-state index in [9.17, 15) is 23.9 Å². The Bertz CT molecular complexity index is 952. The van der Waals surface area contributed by atoms with Crippen LogP contribution >= 0.6 is 27.5 Å². The van der Waals surface area contributed by atoms with Crippen molar-refractivity contribution in [1.29, 1.82) is 0 Å². The topological polar surface area (TPSA) is 102 Å². The minimum atomic E-state index is -1.56. The van der Waals surface area contributed by atoms with Gasteiger partial charge in [-0.05, 0) is 19.1 Å². The number of benzene rings is 1. The first-order valence-corrected chi connectivity index (χ1v) is 9.58. The molecule has 0 radical (unpaired) electrons. The van der Waals surface area contributed by atoms with Crippen molar-refractivity contribution in [3.63, 3.8) is 0 Å². The second-order valence-electron chi connectivity index (χ2n) is 6.27. The van der Waals surface area contributed by atoms with Crippen LogP contribution in [0.4, 0.5) is 9.18 Å². The lowest BCUT2D eigenvalue weighted by Crippen LogP contribution is -2.45. The summed E-state index contributed by atoms with van der Waals surface area (Å²) in [6, 6.07) is 0.422. The van der Waals surface area contributed by atoms with Gasteiger partial charge in [0.15, 0.2) is 5.78 Å². The SMILES string of the molecule is CCOC(=O)C(C(=O)[C@@H]1C[C@@H](F)CN1C(=O)O)n1cc2c(Cl)cc(Br)cc2n1. The van der Waals surface area contributed by atoms with Crippen LogP contribution in [0.5, 0.6) is 0 Å². The lowest BCUT2D eigenvalue weighted by atomic mass is 10.0. The van der Waals surface area contributed by atoms with Gasteiger partial charge in [0.25, 0.3) is 0 Å². The van der Waals surface area contributed by atoms with Crippen LogP contribution < -0.4 is 0 Å². The van der Waals surface area contributed by atoms with Crippen LogP contribution in [-0.2, 0) is 14.3 Å². The van der Waals surface area contributed by atoms with Gasteiger partial charge in [-0.3, -0.25) is 9.69 Å². The highest BCUT2D eigenvalue weighted by Crippen LogP contribution is 2.30. The predicted molar refractivity (Wildman–Crippen MR) is 101 cm³/mol. The van der Waals surface area contributed by atoms with Crippen molar-refractivity contribution in [2.24, 2.45) is 0 Å². The largest absolute Gasteiger partial charge is 0.465 e. The molecule has 1 aromatic heterocycles. The Morgan fingerprint density at radius 1 is 1.46 bits per heavy atom. The van der Waals surface area contributed by atoms with Gasteiger partial charge in [0.05, 0.1) is 29.7 Å². The quantitative estimate of drug-likeness (QED) is 0.525. The second-order valence-corrected chi connectivity index (χ2v) is 7.59. The van der Waals surface area contributed by atoms with Crippen LogP contribution in [0.1, 0.15) is 19.4 Å². The summed E-state index contributed by atoms with van der Waals surface area (Å²) in [7, 11) is 0. The third-order valence-corrected chi connectivity index (χ3v) is 5.20. The molecule has 0 spiro atoms. The third kappa shape index (κ3) is 3.83. The van der Waals surface area contributed by atoms with Crippen LogP contribution in [0.3, 0.4) is 0 Å². The van der Waals surface area contributed by atoms with Crippen LogP contribution in [-0.4, -0.2) is 63.0 Å². The number of carboxylic acid groups (broad SMARTS) is 1. The Kier molecular flexibility index (Phi) is 5.90. The van der Waals surface area contributed by atoms with Crippen molar-refractivity contribution in [2.75, 3.05) is 13.2 Å². The molecule has 1 N–H and O–H groups in total. The van der Waals surface area contributed by atoms with Gasteiger partial charge in [0, 0.05) is 22.5 Å². The summed E-state index contributed by atoms with van der Waals surface area (Å²) in [6.45, 7) is 1.15. The molecule has 1 aliphatic heterocycles. The molecule has 150 valence electrons. The Morgan fingerprint density at radius 3 is 2.82 bits per heavy atom. The van der Waals surface area contributed by atoms with Gasteiger partial charge in [-0.25, -0.2) is 18.7 Å². The van der Waals surface area contributed by atoms with Gasteiger partial charge in [0.1, 0.15) is 6.17 Å². The van der Waals surface area contributed by atoms with Crippen molar-refractivity contribution < 1.29 is 28.6 Å². The maximum Gasteiger partial charge on any atom is 0.408 e. The van der Waals surface area contributed by atoms with E-state index in [-0.39, 0.29) is 13.0 Å². The Morgan fingerprint density at radius 2 is 2.18 bits per heavy atom. The molecule has 1 saturated heterocycles. The molecular formula is C17H16BrClFN3O5. The fourth-order valence-electron chi connectivity index (χ4n) is 3.22. The Hall–Kier alpha value is -2.20. The molecule has 2 heterocycles. The van der Waals surface area contributed by atoms with Crippen molar-refractivity contribution in [1.82, 2.24) is 14.7 Å². The van der Waals surface area contributed by atoms with E-state index >= 15 is 0 Å². The number of amides is 1. The summed E-state index contributed by atoms with van der Waals surface area (Å²) in [6.07, 6.45) is -1.83. The highest BCUT2D eigenvalue weighted by atomic mass is 79.9. The van der Waals surface area contributed by atoms with Gasteiger partial charge < -0.3 is 9.84 Å². The number of Topliss-reactive ketones (excluding diaryl/α,β-unsaturated/α-hetero) is 1. The number of ketones is 1. The average molecular weight is 477 g/mol. The van der Waals surface area contributed by atoms with Gasteiger partial charge in [-0.1, -0.05) is 27.5 Å². The molecule has 28 heavy (non-hydrogen) atoms. The number of halogens is 3. The normalized spacial score (nSPS) is 20.4. The highest BCUT2D eigenvalue weighted by molar-refractivity contribution is 9.10. The molecule has 0 bridgehead atoms. The van der Waals surface area contributed by atoms with E-state index in [1.54, 1.807) is 19.1 Å². The molecule has 1 unspecified atom stereocenters. The first-order chi connectivity index (χ1) is 13.2. The number of ether oxygens (including phenoxy) is 1. The zero-order valence-electron chi connectivity index (χ0n) is 14.6. The monoisotopic (exact) mass is 475 g/mol. The molecule has 2 aromatic rings. The molecule has 3 atom stereocenters. The number of hydrogen-bond acceptors (Lipinski definition) is 5. The number of fused-ring (bicyclic) bond motifs is 1. The van der Waals surface area contributed by atoms with Crippen LogP contribution in [0, 0.1) is 0 Å². The van der Waals surface area contributed by atoms with Crippen molar-refractivity contribution in [3.05, 3.63) is 27.8 Å². The van der Waals surface area contributed by atoms with E-state index in [2.05, 4.69) is 21.0 Å². The standard InChI is InChI=1S/C17H16BrClFN3O5/c1-2-28-16(25)14(15(24)13-5-9(20)6-22(13)17(26)27)23-7-10-11(19)3-8(18)4-12(10)21-23/h3-4,7,9,13-14H,2,5-6H2,1H3,(H,26,27)/t9-,13+,14?/m1/s1. The van der Waals surface area contributed by atoms with Gasteiger partial charge in [-0.15, -0.1) is 0 Å². The summed E-state index contributed by atoms with van der Waals surface area (Å²) in [4.78, 5) is 37.7. The zero-order chi connectivity index (χ0) is 20.6. The smallest absolute Gasteiger partial charge is 0.408 e. The Labute approximate surface area is 172 Å². The van der Waals surface area contributed by atoms with Crippen LogP contribution in [0.25, 0.3) is 10.9 Å². The molecule has 11 heteroatoms. The molecule has 0 saturated carbocycles. The molecule has 1 fully saturated rings. The van der Waals surface area contributed by atoms with Crippen LogP contribution in [0.2, 0.25) is 5.02 Å². The fourth-order valence-corrected chi connectivity index (χ4v) is 4.06. The maximum atomic E-state index is 13.8. The number of aromatic nitrogens is 2. The molecular weight excluding hydrogens is 461 g/mol. The average Bonchev–Trinajstić information content (AvgIpc) is 3.19. The minimum absolute atomic E-state index is 0.00868. The minimum Gasteiger partial charge on any atom is -0.465 e. The maximum absolute atomic E-state index is 13.8. The Balaban J connectivity index is 2.04. The van der Waals surface area contributed by atoms with Gasteiger partial charge in [-0.2, -0.15) is 5.10 Å². The molecule has 1 amide bonds. The number of alkyl halides is 1. The zero-order valence-corrected chi connectivity index (χ0v) is 17.0. The number of carbonyl (C=O) groups excluding carboxylic acids is 2. The molecule has 1 aliphatic rings. The summed E-state index contributed by atoms with van der Waals surface area (Å²) in [5.74, 6) is -1.70. The van der Waals surface area contributed by atoms with Crippen molar-refractivity contribution in [2.45, 2.75) is 31.6 Å². The number of likely N-dealkylation sites (tertiary alicyclic amines) is 1. The number of hydrogen-bond donors (Lipinski definition) is 1. The van der Waals surface area contributed by atoms with Crippen LogP contribution in [0.15, 0.2) is 22.8 Å². The van der Waals surface area contributed by atoms with E-state index in [4.69, 9.17) is 16.3 Å². The van der Waals surface area contributed by atoms with E-state index in [1.165, 1.54) is 6.20 Å². The summed E-state index contributed by atoms with van der Waals surface area (Å²) < 4.78 is 20.5. The van der Waals surface area contributed by atoms with E-state index in [0.29, 0.717) is 25.3 Å². The molecule has 0 aliphatic carbocycles. The number of rotatable bonds is 5. The van der Waals surface area contributed by atoms with Crippen molar-refractivity contribution in [3.8, 4) is 0 Å². The lowest BCUT2D eigenvalue weighted by molar-refractivity contribution is -0.152. The molecule has 1 aromatic carbocycles. The first-order valence-electron chi connectivity index (χ1n) is 8.40. The third-order valence-electron chi connectivity index (χ3n) is 4.43. The predicted octanol–water partition coefficient (Wildman–Crippen LogP) is 3.22. The molecule has 8 nitrogen and oxygen atoms in total. The first kappa shape index (κ1) is 20.5. The number of esters is 1. The van der Waals surface area contributed by atoms with Gasteiger partial charge >= 0.3 is 12.1 Å². The molecule has 3 rings (SSSR count). The highest BCUT2D eigenvalue weighted by Gasteiger charge is 2.45. The summed E-state index contributed by atoms with van der Waals surface area (Å²) >= 11 is 9.48. The van der Waals surface area contributed by atoms with Crippen molar-refractivity contribution >= 4 is 56.3 Å². The van der Waals surface area contributed by atoms with Gasteiger partial charge in [0.2, 0.25) is 6.04 Å². The number of carbonyl (C=O) groups is 3. The van der Waals surface area contributed by atoms with E-state index < -0.39 is 42.6 Å². The van der Waals surface area contributed by atoms with E-state index in [0.717, 1.165) is 4.68 Å². The van der Waals surface area contributed by atoms with E-state index in [1.807, 2.05) is 0 Å². The fraction of sp³-hybridized carbons (Fsp3) is 0.412.